The molecule has 32 heavy (non-hydrogen) atoms. The first-order valence-corrected chi connectivity index (χ1v) is 11.0. The van der Waals surface area contributed by atoms with Crippen LogP contribution in [-0.2, 0) is 24.3 Å². The van der Waals surface area contributed by atoms with Crippen molar-refractivity contribution in [2.75, 3.05) is 40.2 Å². The van der Waals surface area contributed by atoms with E-state index in [0.29, 0.717) is 17.1 Å². The molecule has 0 aliphatic carbocycles. The molecule has 2 aromatic carbocycles. The number of amides is 1. The van der Waals surface area contributed by atoms with Crippen LogP contribution in [0, 0.1) is 0 Å². The van der Waals surface area contributed by atoms with Crippen LogP contribution in [0.3, 0.4) is 0 Å². The van der Waals surface area contributed by atoms with Gasteiger partial charge in [-0.15, -0.1) is 0 Å². The summed E-state index contributed by atoms with van der Waals surface area (Å²) in [5.74, 6) is -0.297. The second-order valence-electron chi connectivity index (χ2n) is 6.53. The van der Waals surface area contributed by atoms with Gasteiger partial charge in [-0.25, -0.2) is 17.5 Å². The van der Waals surface area contributed by atoms with Gasteiger partial charge in [-0.3, -0.25) is 4.79 Å². The summed E-state index contributed by atoms with van der Waals surface area (Å²) in [5, 5.41) is 2.48. The highest BCUT2D eigenvalue weighted by Gasteiger charge is 2.21. The van der Waals surface area contributed by atoms with Crippen molar-refractivity contribution in [2.24, 2.45) is 0 Å². The van der Waals surface area contributed by atoms with Crippen LogP contribution in [0.4, 0.5) is 5.69 Å². The number of sulfonamides is 1. The van der Waals surface area contributed by atoms with Crippen molar-refractivity contribution in [3.8, 4) is 11.5 Å². The van der Waals surface area contributed by atoms with E-state index in [4.69, 9.17) is 25.8 Å². The Morgan fingerprint density at radius 2 is 1.81 bits per heavy atom. The van der Waals surface area contributed by atoms with Crippen molar-refractivity contribution >= 4 is 45.3 Å². The quantitative estimate of drug-likeness (QED) is 0.432. The molecular formula is C21H23ClN2O7S. The maximum Gasteiger partial charge on any atom is 0.331 e. The van der Waals surface area contributed by atoms with E-state index < -0.39 is 28.5 Å². The number of methoxy groups -OCH3 is 2. The fourth-order valence-corrected chi connectivity index (χ4v) is 3.88. The molecule has 0 aliphatic rings. The SMILES string of the molecule is COc1ccc(OC)c(C=CC(=O)OCC(=O)Nc2ccc(Cl)c(S(=O)(=O)N(C)C)c2)c1. The predicted molar refractivity (Wildman–Crippen MR) is 120 cm³/mol. The molecule has 0 radical (unpaired) electrons. The molecule has 0 spiro atoms. The number of ether oxygens (including phenoxy) is 3. The molecule has 0 unspecified atom stereocenters. The summed E-state index contributed by atoms with van der Waals surface area (Å²) in [4.78, 5) is 23.9. The van der Waals surface area contributed by atoms with E-state index in [9.17, 15) is 18.0 Å². The first kappa shape index (κ1) is 25.2. The Morgan fingerprint density at radius 3 is 2.44 bits per heavy atom. The zero-order valence-electron chi connectivity index (χ0n) is 17.9. The Hall–Kier alpha value is -3.08. The second kappa shape index (κ2) is 11.0. The zero-order valence-corrected chi connectivity index (χ0v) is 19.5. The fraction of sp³-hybridized carbons (Fsp3) is 0.238. The van der Waals surface area contributed by atoms with Crippen LogP contribution in [0.25, 0.3) is 6.08 Å². The van der Waals surface area contributed by atoms with Crippen LogP contribution in [0.15, 0.2) is 47.4 Å². The molecule has 1 amide bonds. The van der Waals surface area contributed by atoms with Gasteiger partial charge in [-0.1, -0.05) is 11.6 Å². The molecule has 2 aromatic rings. The largest absolute Gasteiger partial charge is 0.497 e. The minimum atomic E-state index is -3.80. The number of hydrogen-bond donors (Lipinski definition) is 1. The van der Waals surface area contributed by atoms with E-state index in [2.05, 4.69) is 5.32 Å². The summed E-state index contributed by atoms with van der Waals surface area (Å²) in [7, 11) is 1.94. The number of hydrogen-bond acceptors (Lipinski definition) is 7. The van der Waals surface area contributed by atoms with Gasteiger partial charge in [0.05, 0.1) is 19.2 Å². The van der Waals surface area contributed by atoms with Gasteiger partial charge in [0, 0.05) is 31.4 Å². The highest BCUT2D eigenvalue weighted by molar-refractivity contribution is 7.89. The van der Waals surface area contributed by atoms with E-state index >= 15 is 0 Å². The average Bonchev–Trinajstić information content (AvgIpc) is 2.77. The molecule has 0 atom stereocenters. The standard InChI is InChI=1S/C21H23ClN2O7S/c1-24(2)32(27,28)19-12-15(6-8-17(19)22)23-20(25)13-31-21(26)10-5-14-11-16(29-3)7-9-18(14)30-4/h5-12H,13H2,1-4H3,(H,23,25). The monoisotopic (exact) mass is 482 g/mol. The van der Waals surface area contributed by atoms with Crippen molar-refractivity contribution in [1.82, 2.24) is 4.31 Å². The average molecular weight is 483 g/mol. The fourth-order valence-electron chi connectivity index (χ4n) is 2.48. The van der Waals surface area contributed by atoms with Gasteiger partial charge in [0.25, 0.3) is 5.91 Å². The van der Waals surface area contributed by atoms with Crippen LogP contribution in [0.2, 0.25) is 5.02 Å². The third kappa shape index (κ3) is 6.46. The van der Waals surface area contributed by atoms with Crippen LogP contribution in [-0.4, -0.2) is 59.5 Å². The van der Waals surface area contributed by atoms with E-state index in [-0.39, 0.29) is 15.6 Å². The number of benzene rings is 2. The zero-order chi connectivity index (χ0) is 23.9. The van der Waals surface area contributed by atoms with Gasteiger partial charge in [-0.2, -0.15) is 0 Å². The summed E-state index contributed by atoms with van der Waals surface area (Å²) in [6.45, 7) is -0.573. The summed E-state index contributed by atoms with van der Waals surface area (Å²) in [6.07, 6.45) is 2.62. The third-order valence-corrected chi connectivity index (χ3v) is 6.45. The number of nitrogens with zero attached hydrogens (tertiary/aromatic N) is 1. The highest BCUT2D eigenvalue weighted by Crippen LogP contribution is 2.27. The van der Waals surface area contributed by atoms with Crippen molar-refractivity contribution in [2.45, 2.75) is 4.90 Å². The lowest BCUT2D eigenvalue weighted by molar-refractivity contribution is -0.142. The lowest BCUT2D eigenvalue weighted by atomic mass is 10.1. The maximum absolute atomic E-state index is 12.3. The minimum absolute atomic E-state index is 0.0150. The molecule has 0 fully saturated rings. The minimum Gasteiger partial charge on any atom is -0.497 e. The van der Waals surface area contributed by atoms with E-state index in [0.717, 1.165) is 10.4 Å². The molecule has 0 saturated carbocycles. The van der Waals surface area contributed by atoms with Crippen LogP contribution in [0.1, 0.15) is 5.56 Å². The summed E-state index contributed by atoms with van der Waals surface area (Å²) >= 11 is 5.98. The number of esters is 1. The van der Waals surface area contributed by atoms with Crippen molar-refractivity contribution in [3.05, 3.63) is 53.1 Å². The lowest BCUT2D eigenvalue weighted by Crippen LogP contribution is -2.23. The van der Waals surface area contributed by atoms with E-state index in [1.807, 2.05) is 0 Å². The topological polar surface area (TPSA) is 111 Å². The third-order valence-electron chi connectivity index (χ3n) is 4.15. The molecule has 2 rings (SSSR count). The van der Waals surface area contributed by atoms with Gasteiger partial charge in [0.2, 0.25) is 10.0 Å². The summed E-state index contributed by atoms with van der Waals surface area (Å²) in [6, 6.07) is 9.09. The molecule has 0 aromatic heterocycles. The van der Waals surface area contributed by atoms with Gasteiger partial charge < -0.3 is 19.5 Å². The van der Waals surface area contributed by atoms with E-state index in [1.54, 1.807) is 18.2 Å². The molecule has 11 heteroatoms. The summed E-state index contributed by atoms with van der Waals surface area (Å²) in [5.41, 5.74) is 0.775. The van der Waals surface area contributed by atoms with E-state index in [1.165, 1.54) is 52.6 Å². The first-order chi connectivity index (χ1) is 15.1. The number of carbonyl (C=O) groups is 2. The Labute approximate surface area is 191 Å². The Bertz CT molecular complexity index is 1130. The number of rotatable bonds is 9. The Morgan fingerprint density at radius 1 is 1.09 bits per heavy atom. The Balaban J connectivity index is 2.01. The van der Waals surface area contributed by atoms with Crippen molar-refractivity contribution in [1.29, 1.82) is 0 Å². The molecule has 0 bridgehead atoms. The predicted octanol–water partition coefficient (Wildman–Crippen LogP) is 2.80. The molecular weight excluding hydrogens is 460 g/mol. The van der Waals surface area contributed by atoms with Crippen LogP contribution in [0.5, 0.6) is 11.5 Å². The van der Waals surface area contributed by atoms with Crippen molar-refractivity contribution in [3.63, 3.8) is 0 Å². The Kier molecular flexibility index (Phi) is 8.64. The van der Waals surface area contributed by atoms with Crippen molar-refractivity contribution < 1.29 is 32.2 Å². The highest BCUT2D eigenvalue weighted by atomic mass is 35.5. The maximum atomic E-state index is 12.3. The van der Waals surface area contributed by atoms with Crippen LogP contribution < -0.4 is 14.8 Å². The van der Waals surface area contributed by atoms with Gasteiger partial charge in [0.1, 0.15) is 16.4 Å². The second-order valence-corrected chi connectivity index (χ2v) is 9.06. The number of nitrogens with one attached hydrogen (secondary N) is 1. The molecule has 172 valence electrons. The molecule has 0 aliphatic heterocycles. The first-order valence-electron chi connectivity index (χ1n) is 9.17. The van der Waals surface area contributed by atoms with Gasteiger partial charge in [-0.05, 0) is 42.5 Å². The molecule has 1 N–H and O–H groups in total. The summed E-state index contributed by atoms with van der Waals surface area (Å²) < 4.78 is 40.9. The molecule has 0 heterocycles. The number of halogens is 1. The van der Waals surface area contributed by atoms with Gasteiger partial charge >= 0.3 is 5.97 Å². The smallest absolute Gasteiger partial charge is 0.331 e. The normalized spacial score (nSPS) is 11.4. The molecule has 0 saturated heterocycles. The number of carbonyl (C=O) groups excluding carboxylic acids is 2. The van der Waals surface area contributed by atoms with Gasteiger partial charge in [0.15, 0.2) is 6.61 Å². The number of anilines is 1. The van der Waals surface area contributed by atoms with Crippen LogP contribution >= 0.6 is 11.6 Å². The molecule has 9 nitrogen and oxygen atoms in total. The lowest BCUT2D eigenvalue weighted by Gasteiger charge is -2.14.